The molecule has 0 radical (unpaired) electrons. The van der Waals surface area contributed by atoms with Gasteiger partial charge in [-0.15, -0.1) is 5.10 Å². The molecule has 0 saturated carbocycles. The lowest BCUT2D eigenvalue weighted by atomic mass is 10.1. The van der Waals surface area contributed by atoms with Gasteiger partial charge in [-0.05, 0) is 42.2 Å². The Morgan fingerprint density at radius 1 is 1.00 bits per heavy atom. The highest BCUT2D eigenvalue weighted by Gasteiger charge is 2.07. The van der Waals surface area contributed by atoms with Crippen LogP contribution in [0.4, 0.5) is 11.6 Å². The van der Waals surface area contributed by atoms with Crippen molar-refractivity contribution < 1.29 is 0 Å². The van der Waals surface area contributed by atoms with Crippen LogP contribution >= 0.6 is 0 Å². The van der Waals surface area contributed by atoms with Crippen molar-refractivity contribution in [2.45, 2.75) is 39.7 Å². The summed E-state index contributed by atoms with van der Waals surface area (Å²) >= 11 is 0. The quantitative estimate of drug-likeness (QED) is 0.533. The highest BCUT2D eigenvalue weighted by molar-refractivity contribution is 5.81. The molecule has 4 rings (SSSR count). The molecule has 4 aromatic rings. The van der Waals surface area contributed by atoms with E-state index in [1.165, 1.54) is 0 Å². The lowest BCUT2D eigenvalue weighted by Crippen LogP contribution is -2.00. The fourth-order valence-corrected chi connectivity index (χ4v) is 2.99. The summed E-state index contributed by atoms with van der Waals surface area (Å²) in [7, 11) is 0. The SMILES string of the molecule is CCCn1cc(-c2cnc3ccc(Nc4cc(C(C)C)cnn4)nc3c2)cn1. The molecular formula is C21H23N7. The van der Waals surface area contributed by atoms with Crippen molar-refractivity contribution in [3.05, 3.63) is 54.6 Å². The van der Waals surface area contributed by atoms with E-state index in [2.05, 4.69) is 46.4 Å². The van der Waals surface area contributed by atoms with Crippen molar-refractivity contribution in [1.82, 2.24) is 29.9 Å². The minimum absolute atomic E-state index is 0.390. The van der Waals surface area contributed by atoms with Crippen LogP contribution in [-0.4, -0.2) is 29.9 Å². The molecule has 0 saturated heterocycles. The van der Waals surface area contributed by atoms with Gasteiger partial charge in [0.25, 0.3) is 0 Å². The van der Waals surface area contributed by atoms with Crippen molar-refractivity contribution >= 4 is 22.7 Å². The number of nitrogens with zero attached hydrogens (tertiary/aromatic N) is 6. The van der Waals surface area contributed by atoms with E-state index in [4.69, 9.17) is 4.98 Å². The number of nitrogens with one attached hydrogen (secondary N) is 1. The maximum absolute atomic E-state index is 4.71. The van der Waals surface area contributed by atoms with Crippen molar-refractivity contribution in [2.24, 2.45) is 0 Å². The van der Waals surface area contributed by atoms with Gasteiger partial charge < -0.3 is 5.32 Å². The fraction of sp³-hybridized carbons (Fsp3) is 0.286. The zero-order chi connectivity index (χ0) is 19.5. The van der Waals surface area contributed by atoms with Crippen LogP contribution in [0.1, 0.15) is 38.7 Å². The molecule has 4 heterocycles. The van der Waals surface area contributed by atoms with Gasteiger partial charge in [-0.1, -0.05) is 20.8 Å². The Labute approximate surface area is 163 Å². The maximum atomic E-state index is 4.71. The molecule has 0 aromatic carbocycles. The Bertz CT molecular complexity index is 1100. The summed E-state index contributed by atoms with van der Waals surface area (Å²) in [6.45, 7) is 7.30. The van der Waals surface area contributed by atoms with E-state index in [1.807, 2.05) is 47.5 Å². The Morgan fingerprint density at radius 3 is 2.71 bits per heavy atom. The number of fused-ring (bicyclic) bond motifs is 1. The number of aromatic nitrogens is 6. The predicted octanol–water partition coefficient (Wildman–Crippen LogP) is 4.56. The lowest BCUT2D eigenvalue weighted by Gasteiger charge is -2.09. The minimum atomic E-state index is 0.390. The summed E-state index contributed by atoms with van der Waals surface area (Å²) in [6.07, 6.45) is 8.62. The number of hydrogen-bond acceptors (Lipinski definition) is 6. The van der Waals surface area contributed by atoms with Crippen LogP contribution in [0.2, 0.25) is 0 Å². The molecule has 0 aliphatic carbocycles. The molecule has 0 bridgehead atoms. The van der Waals surface area contributed by atoms with Crippen LogP contribution in [0.5, 0.6) is 0 Å². The molecule has 4 aromatic heterocycles. The molecule has 7 nitrogen and oxygen atoms in total. The van der Waals surface area contributed by atoms with E-state index in [0.717, 1.165) is 40.7 Å². The molecule has 0 unspecified atom stereocenters. The topological polar surface area (TPSA) is 81.4 Å². The molecule has 0 atom stereocenters. The molecule has 142 valence electrons. The second kappa shape index (κ2) is 7.72. The first-order valence-electron chi connectivity index (χ1n) is 9.51. The van der Waals surface area contributed by atoms with Gasteiger partial charge >= 0.3 is 0 Å². The van der Waals surface area contributed by atoms with Gasteiger partial charge in [-0.25, -0.2) is 4.98 Å². The van der Waals surface area contributed by atoms with E-state index in [0.29, 0.717) is 17.6 Å². The van der Waals surface area contributed by atoms with Crippen LogP contribution in [0.15, 0.2) is 49.1 Å². The molecule has 0 fully saturated rings. The van der Waals surface area contributed by atoms with Gasteiger partial charge in [0.15, 0.2) is 5.82 Å². The predicted molar refractivity (Wildman–Crippen MR) is 110 cm³/mol. The molecule has 0 amide bonds. The average molecular weight is 373 g/mol. The van der Waals surface area contributed by atoms with E-state index in [-0.39, 0.29) is 0 Å². The van der Waals surface area contributed by atoms with Gasteiger partial charge in [0, 0.05) is 30.1 Å². The van der Waals surface area contributed by atoms with E-state index in [1.54, 1.807) is 6.20 Å². The van der Waals surface area contributed by atoms with E-state index >= 15 is 0 Å². The Balaban J connectivity index is 1.63. The third-order valence-electron chi connectivity index (χ3n) is 4.56. The molecule has 7 heteroatoms. The highest BCUT2D eigenvalue weighted by Crippen LogP contribution is 2.24. The normalized spacial score (nSPS) is 11.3. The van der Waals surface area contributed by atoms with Crippen molar-refractivity contribution in [3.63, 3.8) is 0 Å². The van der Waals surface area contributed by atoms with Crippen LogP contribution in [-0.2, 0) is 6.54 Å². The van der Waals surface area contributed by atoms with Gasteiger partial charge in [0.2, 0.25) is 0 Å². The Morgan fingerprint density at radius 2 is 1.89 bits per heavy atom. The average Bonchev–Trinajstić information content (AvgIpc) is 3.16. The molecule has 0 aliphatic heterocycles. The number of hydrogen-bond donors (Lipinski definition) is 1. The summed E-state index contributed by atoms with van der Waals surface area (Å²) in [5.74, 6) is 1.78. The van der Waals surface area contributed by atoms with Gasteiger partial charge in [0.05, 0.1) is 23.4 Å². The van der Waals surface area contributed by atoms with E-state index in [9.17, 15) is 0 Å². The second-order valence-electron chi connectivity index (χ2n) is 7.10. The van der Waals surface area contributed by atoms with Crippen molar-refractivity contribution in [2.75, 3.05) is 5.32 Å². The van der Waals surface area contributed by atoms with Crippen LogP contribution in [0.25, 0.3) is 22.2 Å². The Hall–Kier alpha value is -3.35. The number of anilines is 2. The second-order valence-corrected chi connectivity index (χ2v) is 7.10. The number of aryl methyl sites for hydroxylation is 1. The smallest absolute Gasteiger partial charge is 0.154 e. The molecule has 0 aliphatic rings. The van der Waals surface area contributed by atoms with Crippen molar-refractivity contribution in [3.8, 4) is 11.1 Å². The summed E-state index contributed by atoms with van der Waals surface area (Å²) < 4.78 is 1.95. The molecule has 28 heavy (non-hydrogen) atoms. The third kappa shape index (κ3) is 3.83. The van der Waals surface area contributed by atoms with Crippen LogP contribution in [0.3, 0.4) is 0 Å². The molecule has 1 N–H and O–H groups in total. The number of rotatable bonds is 6. The summed E-state index contributed by atoms with van der Waals surface area (Å²) in [4.78, 5) is 9.25. The van der Waals surface area contributed by atoms with Crippen LogP contribution < -0.4 is 5.32 Å². The van der Waals surface area contributed by atoms with Gasteiger partial charge in [-0.3, -0.25) is 9.67 Å². The largest absolute Gasteiger partial charge is 0.323 e. The lowest BCUT2D eigenvalue weighted by molar-refractivity contribution is 0.603. The minimum Gasteiger partial charge on any atom is -0.323 e. The zero-order valence-electron chi connectivity index (χ0n) is 16.3. The Kier molecular flexibility index (Phi) is 4.97. The first-order valence-corrected chi connectivity index (χ1v) is 9.51. The first-order chi connectivity index (χ1) is 13.6. The zero-order valence-corrected chi connectivity index (χ0v) is 16.3. The monoisotopic (exact) mass is 373 g/mol. The molecule has 0 spiro atoms. The van der Waals surface area contributed by atoms with Gasteiger partial charge in [-0.2, -0.15) is 10.2 Å². The van der Waals surface area contributed by atoms with Crippen molar-refractivity contribution in [1.29, 1.82) is 0 Å². The summed E-state index contributed by atoms with van der Waals surface area (Å²) in [5.41, 5.74) is 4.84. The maximum Gasteiger partial charge on any atom is 0.154 e. The third-order valence-corrected chi connectivity index (χ3v) is 4.56. The van der Waals surface area contributed by atoms with E-state index < -0.39 is 0 Å². The molecular weight excluding hydrogens is 350 g/mol. The van der Waals surface area contributed by atoms with Crippen LogP contribution in [0, 0.1) is 0 Å². The standard InChI is InChI=1S/C21H23N7/c1-4-7-28-13-17(12-24-28)16-8-19-18(22-10-16)5-6-20(25-19)26-21-9-15(14(2)3)11-23-27-21/h5-6,8-14H,4,7H2,1-3H3,(H,25,26,27). The highest BCUT2D eigenvalue weighted by atomic mass is 15.3. The summed E-state index contributed by atoms with van der Waals surface area (Å²) in [6, 6.07) is 7.89. The first kappa shape index (κ1) is 18.0. The fourth-order valence-electron chi connectivity index (χ4n) is 2.99. The summed E-state index contributed by atoms with van der Waals surface area (Å²) in [5, 5.41) is 15.9. The van der Waals surface area contributed by atoms with Gasteiger partial charge in [0.1, 0.15) is 5.82 Å². The number of pyridine rings is 2.